The van der Waals surface area contributed by atoms with Gasteiger partial charge in [0.15, 0.2) is 6.10 Å². The van der Waals surface area contributed by atoms with Gasteiger partial charge >= 0.3 is 5.97 Å². The lowest BCUT2D eigenvalue weighted by molar-refractivity contribution is -0.154. The third-order valence-electron chi connectivity index (χ3n) is 5.26. The van der Waals surface area contributed by atoms with E-state index in [1.165, 1.54) is 31.2 Å². The maximum Gasteiger partial charge on any atom is 0.308 e. The summed E-state index contributed by atoms with van der Waals surface area (Å²) < 4.78 is 18.0. The minimum atomic E-state index is -1.06. The second kappa shape index (κ2) is 8.50. The van der Waals surface area contributed by atoms with E-state index in [4.69, 9.17) is 4.74 Å². The number of ether oxygens (including phenoxy) is 1. The molecule has 3 amide bonds. The Morgan fingerprint density at radius 1 is 1.14 bits per heavy atom. The monoisotopic (exact) mass is 390 g/mol. The fourth-order valence-corrected chi connectivity index (χ4v) is 3.74. The molecule has 1 saturated heterocycles. The van der Waals surface area contributed by atoms with Crippen LogP contribution in [0.1, 0.15) is 39.0 Å². The van der Waals surface area contributed by atoms with Crippen LogP contribution in [-0.4, -0.2) is 41.2 Å². The van der Waals surface area contributed by atoms with E-state index < -0.39 is 23.8 Å². The molecular weight excluding hydrogens is 367 g/mol. The van der Waals surface area contributed by atoms with Crippen molar-refractivity contribution in [2.45, 2.75) is 45.1 Å². The number of rotatable bonds is 6. The molecule has 0 radical (unpaired) electrons. The Morgan fingerprint density at radius 2 is 1.71 bits per heavy atom. The number of carbonyl (C=O) groups is 4. The van der Waals surface area contributed by atoms with E-state index in [1.54, 1.807) is 0 Å². The van der Waals surface area contributed by atoms with Gasteiger partial charge < -0.3 is 10.1 Å². The van der Waals surface area contributed by atoms with Crippen LogP contribution in [0.15, 0.2) is 24.3 Å². The van der Waals surface area contributed by atoms with Crippen molar-refractivity contribution in [3.05, 3.63) is 30.1 Å². The lowest BCUT2D eigenvalue weighted by atomic mass is 9.81. The van der Waals surface area contributed by atoms with Crippen LogP contribution in [0.25, 0.3) is 0 Å². The van der Waals surface area contributed by atoms with Gasteiger partial charge in [0.05, 0.1) is 18.3 Å². The number of carbonyl (C=O) groups excluding carboxylic acids is 4. The molecule has 1 aromatic carbocycles. The SMILES string of the molecule is C[C@H](OC(=O)CCN1C(=O)[C@H]2CCCC[C@H]2C1=O)C(=O)Nc1ccc(F)cc1. The highest BCUT2D eigenvalue weighted by Crippen LogP contribution is 2.37. The van der Waals surface area contributed by atoms with Gasteiger partial charge in [0.25, 0.3) is 5.91 Å². The van der Waals surface area contributed by atoms with E-state index in [0.717, 1.165) is 30.6 Å². The fraction of sp³-hybridized carbons (Fsp3) is 0.500. The van der Waals surface area contributed by atoms with Crippen LogP contribution in [0, 0.1) is 17.7 Å². The van der Waals surface area contributed by atoms with Crippen LogP contribution in [0.3, 0.4) is 0 Å². The number of imide groups is 1. The average Bonchev–Trinajstić information content (AvgIpc) is 2.92. The third-order valence-corrected chi connectivity index (χ3v) is 5.26. The van der Waals surface area contributed by atoms with E-state index in [-0.39, 0.29) is 36.6 Å². The molecular formula is C20H23FN2O5. The van der Waals surface area contributed by atoms with E-state index in [0.29, 0.717) is 5.69 Å². The summed E-state index contributed by atoms with van der Waals surface area (Å²) in [5.74, 6) is -2.57. The largest absolute Gasteiger partial charge is 0.452 e. The first-order valence-electron chi connectivity index (χ1n) is 9.48. The highest BCUT2D eigenvalue weighted by Gasteiger charge is 2.47. The molecule has 0 bridgehead atoms. The smallest absolute Gasteiger partial charge is 0.308 e. The first kappa shape index (κ1) is 20.0. The van der Waals surface area contributed by atoms with Gasteiger partial charge in [0.1, 0.15) is 5.82 Å². The van der Waals surface area contributed by atoms with Gasteiger partial charge in [0, 0.05) is 12.2 Å². The number of amides is 3. The summed E-state index contributed by atoms with van der Waals surface area (Å²) >= 11 is 0. The number of benzene rings is 1. The number of hydrogen-bond donors (Lipinski definition) is 1. The van der Waals surface area contributed by atoms with Crippen LogP contribution in [0.5, 0.6) is 0 Å². The summed E-state index contributed by atoms with van der Waals surface area (Å²) in [5.41, 5.74) is 0.380. The molecule has 7 nitrogen and oxygen atoms in total. The molecule has 1 aliphatic heterocycles. The van der Waals surface area contributed by atoms with Crippen molar-refractivity contribution in [1.29, 1.82) is 0 Å². The topological polar surface area (TPSA) is 92.8 Å². The van der Waals surface area contributed by atoms with Crippen LogP contribution in [-0.2, 0) is 23.9 Å². The molecule has 1 aliphatic carbocycles. The second-order valence-electron chi connectivity index (χ2n) is 7.20. The molecule has 0 unspecified atom stereocenters. The minimum absolute atomic E-state index is 0.0319. The summed E-state index contributed by atoms with van der Waals surface area (Å²) in [5, 5.41) is 2.52. The molecule has 1 heterocycles. The van der Waals surface area contributed by atoms with Crippen molar-refractivity contribution < 1.29 is 28.3 Å². The summed E-state index contributed by atoms with van der Waals surface area (Å²) in [6.45, 7) is 1.38. The molecule has 1 N–H and O–H groups in total. The van der Waals surface area contributed by atoms with Gasteiger partial charge in [-0.15, -0.1) is 0 Å². The van der Waals surface area contributed by atoms with Gasteiger partial charge in [-0.2, -0.15) is 0 Å². The Balaban J connectivity index is 1.47. The summed E-state index contributed by atoms with van der Waals surface area (Å²) in [6.07, 6.45) is 2.09. The Morgan fingerprint density at radius 3 is 2.29 bits per heavy atom. The zero-order chi connectivity index (χ0) is 20.3. The number of halogens is 1. The highest BCUT2D eigenvalue weighted by atomic mass is 19.1. The third kappa shape index (κ3) is 4.37. The van der Waals surface area contributed by atoms with Gasteiger partial charge in [-0.3, -0.25) is 24.1 Å². The number of esters is 1. The number of hydrogen-bond acceptors (Lipinski definition) is 5. The van der Waals surface area contributed by atoms with Crippen molar-refractivity contribution >= 4 is 29.4 Å². The number of anilines is 1. The van der Waals surface area contributed by atoms with Crippen molar-refractivity contribution in [2.24, 2.45) is 11.8 Å². The molecule has 2 fully saturated rings. The van der Waals surface area contributed by atoms with E-state index in [1.807, 2.05) is 0 Å². The first-order chi connectivity index (χ1) is 13.4. The minimum Gasteiger partial charge on any atom is -0.452 e. The van der Waals surface area contributed by atoms with Crippen molar-refractivity contribution in [1.82, 2.24) is 4.90 Å². The van der Waals surface area contributed by atoms with Crippen LogP contribution in [0.4, 0.5) is 10.1 Å². The Bertz CT molecular complexity index is 755. The molecule has 3 atom stereocenters. The lowest BCUT2D eigenvalue weighted by Gasteiger charge is -2.19. The second-order valence-corrected chi connectivity index (χ2v) is 7.20. The van der Waals surface area contributed by atoms with Gasteiger partial charge in [-0.05, 0) is 44.0 Å². The van der Waals surface area contributed by atoms with Crippen LogP contribution < -0.4 is 5.32 Å². The molecule has 1 aromatic rings. The van der Waals surface area contributed by atoms with Crippen molar-refractivity contribution in [3.63, 3.8) is 0 Å². The van der Waals surface area contributed by atoms with E-state index in [9.17, 15) is 23.6 Å². The summed E-state index contributed by atoms with van der Waals surface area (Å²) in [7, 11) is 0. The zero-order valence-electron chi connectivity index (χ0n) is 15.7. The van der Waals surface area contributed by atoms with E-state index in [2.05, 4.69) is 5.32 Å². The van der Waals surface area contributed by atoms with Gasteiger partial charge in [-0.25, -0.2) is 4.39 Å². The predicted molar refractivity (Wildman–Crippen MR) is 97.4 cm³/mol. The Kier molecular flexibility index (Phi) is 6.06. The standard InChI is InChI=1S/C20H23FN2O5/c1-12(18(25)22-14-8-6-13(21)7-9-14)28-17(24)10-11-23-19(26)15-4-2-3-5-16(15)20(23)27/h6-9,12,15-16H,2-5,10-11H2,1H3,(H,22,25)/t12-,15-,16+/m0/s1. The predicted octanol–water partition coefficient (Wildman–Crippen LogP) is 2.26. The molecule has 1 saturated carbocycles. The lowest BCUT2D eigenvalue weighted by Crippen LogP contribution is -2.35. The zero-order valence-corrected chi connectivity index (χ0v) is 15.7. The van der Waals surface area contributed by atoms with Crippen molar-refractivity contribution in [2.75, 3.05) is 11.9 Å². The molecule has 0 aromatic heterocycles. The molecule has 28 heavy (non-hydrogen) atoms. The fourth-order valence-electron chi connectivity index (χ4n) is 3.74. The maximum absolute atomic E-state index is 12.9. The highest BCUT2D eigenvalue weighted by molar-refractivity contribution is 6.05. The molecule has 2 aliphatic rings. The Labute approximate surface area is 162 Å². The Hall–Kier alpha value is -2.77. The van der Waals surface area contributed by atoms with Crippen LogP contribution in [0.2, 0.25) is 0 Å². The number of nitrogens with zero attached hydrogens (tertiary/aromatic N) is 1. The maximum atomic E-state index is 12.9. The summed E-state index contributed by atoms with van der Waals surface area (Å²) in [6, 6.07) is 5.19. The van der Waals surface area contributed by atoms with Gasteiger partial charge in [-0.1, -0.05) is 12.8 Å². The molecule has 8 heteroatoms. The van der Waals surface area contributed by atoms with E-state index >= 15 is 0 Å². The number of likely N-dealkylation sites (tertiary alicyclic amines) is 1. The number of nitrogens with one attached hydrogen (secondary N) is 1. The number of fused-ring (bicyclic) bond motifs is 1. The normalized spacial score (nSPS) is 22.6. The molecule has 150 valence electrons. The summed E-state index contributed by atoms with van der Waals surface area (Å²) in [4.78, 5) is 50.0. The average molecular weight is 390 g/mol. The van der Waals surface area contributed by atoms with Crippen molar-refractivity contribution in [3.8, 4) is 0 Å². The van der Waals surface area contributed by atoms with Crippen LogP contribution >= 0.6 is 0 Å². The molecule has 3 rings (SSSR count). The first-order valence-corrected chi connectivity index (χ1v) is 9.48. The quantitative estimate of drug-likeness (QED) is 0.594. The van der Waals surface area contributed by atoms with Gasteiger partial charge in [0.2, 0.25) is 11.8 Å². The molecule has 0 spiro atoms.